The number of rotatable bonds is 3. The molecule has 94 valence electrons. The fourth-order valence-electron chi connectivity index (χ4n) is 1.74. The molecule has 2 aromatic rings. The van der Waals surface area contributed by atoms with E-state index in [0.717, 1.165) is 5.56 Å². The summed E-state index contributed by atoms with van der Waals surface area (Å²) in [5.41, 5.74) is 1.53. The molecule has 0 aliphatic heterocycles. The van der Waals surface area contributed by atoms with Crippen molar-refractivity contribution in [1.82, 2.24) is 9.97 Å². The van der Waals surface area contributed by atoms with Crippen LogP contribution in [0.3, 0.4) is 0 Å². The summed E-state index contributed by atoms with van der Waals surface area (Å²) in [6.45, 7) is 1.79. The Morgan fingerprint density at radius 3 is 2.78 bits per heavy atom. The molecule has 2 rings (SSSR count). The van der Waals surface area contributed by atoms with Gasteiger partial charge in [0.1, 0.15) is 11.6 Å². The maximum atomic E-state index is 11.3. The third-order valence-electron chi connectivity index (χ3n) is 2.51. The van der Waals surface area contributed by atoms with Gasteiger partial charge in [-0.15, -0.1) is 0 Å². The summed E-state index contributed by atoms with van der Waals surface area (Å²) in [5.74, 6) is 1.26. The van der Waals surface area contributed by atoms with Gasteiger partial charge in [0.2, 0.25) is 0 Å². The third kappa shape index (κ3) is 2.90. The Hall–Kier alpha value is -1.81. The van der Waals surface area contributed by atoms with Crippen molar-refractivity contribution in [1.29, 1.82) is 0 Å². The maximum absolute atomic E-state index is 11.3. The zero-order valence-corrected chi connectivity index (χ0v) is 10.9. The summed E-state index contributed by atoms with van der Waals surface area (Å²) >= 11 is 6.04. The first-order valence-electron chi connectivity index (χ1n) is 5.48. The fraction of sp³-hybridized carbons (Fsp3) is 0.231. The fourth-order valence-corrected chi connectivity index (χ4v) is 2.02. The minimum absolute atomic E-state index is 0.142. The van der Waals surface area contributed by atoms with Crippen LogP contribution in [0.25, 0.3) is 0 Å². The molecule has 0 atom stereocenters. The first kappa shape index (κ1) is 12.6. The number of halogens is 1. The molecule has 1 aromatic heterocycles. The van der Waals surface area contributed by atoms with Crippen LogP contribution in [-0.4, -0.2) is 17.1 Å². The molecule has 0 saturated carbocycles. The Bertz CT molecular complexity index is 623. The molecule has 0 fully saturated rings. The largest absolute Gasteiger partial charge is 0.495 e. The number of aromatic amines is 1. The topological polar surface area (TPSA) is 55.0 Å². The smallest absolute Gasteiger partial charge is 0.251 e. The predicted molar refractivity (Wildman–Crippen MR) is 70.4 cm³/mol. The Morgan fingerprint density at radius 1 is 1.39 bits per heavy atom. The summed E-state index contributed by atoms with van der Waals surface area (Å²) in [6, 6.07) is 6.96. The zero-order chi connectivity index (χ0) is 13.1. The summed E-state index contributed by atoms with van der Waals surface area (Å²) in [5, 5.41) is 0.546. The lowest BCUT2D eigenvalue weighted by atomic mass is 10.1. The number of hydrogen-bond donors (Lipinski definition) is 1. The van der Waals surface area contributed by atoms with Gasteiger partial charge in [0.05, 0.1) is 12.1 Å². The molecule has 0 radical (unpaired) electrons. The van der Waals surface area contributed by atoms with Gasteiger partial charge in [0, 0.05) is 18.2 Å². The van der Waals surface area contributed by atoms with Gasteiger partial charge in [-0.1, -0.05) is 17.7 Å². The van der Waals surface area contributed by atoms with Crippen molar-refractivity contribution in [2.75, 3.05) is 7.11 Å². The molecule has 5 heteroatoms. The van der Waals surface area contributed by atoms with E-state index in [0.29, 0.717) is 28.7 Å². The molecule has 0 amide bonds. The summed E-state index contributed by atoms with van der Waals surface area (Å²) in [4.78, 5) is 18.3. The predicted octanol–water partition coefficient (Wildman–Crippen LogP) is 2.33. The van der Waals surface area contributed by atoms with Gasteiger partial charge in [-0.2, -0.15) is 0 Å². The second-order valence-corrected chi connectivity index (χ2v) is 4.39. The van der Waals surface area contributed by atoms with Gasteiger partial charge in [-0.3, -0.25) is 4.79 Å². The molecule has 0 aliphatic rings. The first-order valence-corrected chi connectivity index (χ1v) is 5.85. The highest BCUT2D eigenvalue weighted by Gasteiger charge is 2.04. The van der Waals surface area contributed by atoms with E-state index in [1.54, 1.807) is 20.1 Å². The molecule has 0 bridgehead atoms. The number of nitrogens with zero attached hydrogens (tertiary/aromatic N) is 1. The average Bonchev–Trinajstić information content (AvgIpc) is 2.27. The number of benzene rings is 1. The van der Waals surface area contributed by atoms with Crippen LogP contribution < -0.4 is 10.3 Å². The molecule has 1 aromatic carbocycles. The molecule has 0 aliphatic carbocycles. The molecule has 1 N–H and O–H groups in total. The van der Waals surface area contributed by atoms with E-state index >= 15 is 0 Å². The Morgan fingerprint density at radius 2 is 2.17 bits per heavy atom. The molecule has 1 heterocycles. The molecule has 0 spiro atoms. The second kappa shape index (κ2) is 5.23. The lowest BCUT2D eigenvalue weighted by Gasteiger charge is -2.06. The van der Waals surface area contributed by atoms with Gasteiger partial charge in [0.25, 0.3) is 5.56 Å². The van der Waals surface area contributed by atoms with E-state index in [-0.39, 0.29) is 5.56 Å². The van der Waals surface area contributed by atoms with E-state index in [4.69, 9.17) is 16.3 Å². The van der Waals surface area contributed by atoms with E-state index in [9.17, 15) is 4.79 Å². The third-order valence-corrected chi connectivity index (χ3v) is 2.80. The van der Waals surface area contributed by atoms with Crippen LogP contribution in [0, 0.1) is 6.92 Å². The van der Waals surface area contributed by atoms with Crippen molar-refractivity contribution in [3.8, 4) is 5.75 Å². The maximum Gasteiger partial charge on any atom is 0.251 e. The molecule has 18 heavy (non-hydrogen) atoms. The van der Waals surface area contributed by atoms with Crippen molar-refractivity contribution in [2.45, 2.75) is 13.3 Å². The minimum atomic E-state index is -0.142. The summed E-state index contributed by atoms with van der Waals surface area (Å²) in [7, 11) is 1.57. The van der Waals surface area contributed by atoms with Crippen molar-refractivity contribution in [3.05, 3.63) is 56.7 Å². The normalized spacial score (nSPS) is 10.4. The highest BCUT2D eigenvalue weighted by Crippen LogP contribution is 2.25. The second-order valence-electron chi connectivity index (χ2n) is 3.98. The molecular formula is C13H13ClN2O2. The molecule has 0 saturated heterocycles. The van der Waals surface area contributed by atoms with Crippen LogP contribution in [0.1, 0.15) is 17.1 Å². The van der Waals surface area contributed by atoms with Gasteiger partial charge >= 0.3 is 0 Å². The number of H-pyrrole nitrogens is 1. The van der Waals surface area contributed by atoms with Gasteiger partial charge in [0.15, 0.2) is 0 Å². The SMILES string of the molecule is COc1ccc(Cc2nc(C)cc(=O)[nH]2)cc1Cl. The van der Waals surface area contributed by atoms with Crippen LogP contribution in [-0.2, 0) is 6.42 Å². The van der Waals surface area contributed by atoms with Crippen molar-refractivity contribution in [3.63, 3.8) is 0 Å². The number of methoxy groups -OCH3 is 1. The van der Waals surface area contributed by atoms with Crippen LogP contribution in [0.5, 0.6) is 5.75 Å². The number of ether oxygens (including phenoxy) is 1. The van der Waals surface area contributed by atoms with Crippen molar-refractivity contribution < 1.29 is 4.74 Å². The van der Waals surface area contributed by atoms with Gasteiger partial charge < -0.3 is 9.72 Å². The summed E-state index contributed by atoms with van der Waals surface area (Å²) in [6.07, 6.45) is 0.528. The van der Waals surface area contributed by atoms with E-state index in [2.05, 4.69) is 9.97 Å². The highest BCUT2D eigenvalue weighted by atomic mass is 35.5. The Balaban J connectivity index is 2.28. The van der Waals surface area contributed by atoms with Gasteiger partial charge in [-0.25, -0.2) is 4.98 Å². The molecule has 4 nitrogen and oxygen atoms in total. The standard InChI is InChI=1S/C13H13ClN2O2/c1-8-5-13(17)16-12(15-8)7-9-3-4-11(18-2)10(14)6-9/h3-6H,7H2,1-2H3,(H,15,16,17). The van der Waals surface area contributed by atoms with E-state index < -0.39 is 0 Å². The van der Waals surface area contributed by atoms with Crippen molar-refractivity contribution in [2.24, 2.45) is 0 Å². The number of aromatic nitrogens is 2. The molecule has 0 unspecified atom stereocenters. The monoisotopic (exact) mass is 264 g/mol. The Kier molecular flexibility index (Phi) is 3.67. The highest BCUT2D eigenvalue weighted by molar-refractivity contribution is 6.32. The van der Waals surface area contributed by atoms with Crippen LogP contribution in [0.2, 0.25) is 5.02 Å². The first-order chi connectivity index (χ1) is 8.58. The average molecular weight is 265 g/mol. The van der Waals surface area contributed by atoms with Crippen LogP contribution in [0.4, 0.5) is 0 Å². The molecular weight excluding hydrogens is 252 g/mol. The number of hydrogen-bond acceptors (Lipinski definition) is 3. The number of nitrogens with one attached hydrogen (secondary N) is 1. The van der Waals surface area contributed by atoms with E-state index in [1.807, 2.05) is 12.1 Å². The van der Waals surface area contributed by atoms with Gasteiger partial charge in [-0.05, 0) is 24.6 Å². The summed E-state index contributed by atoms with van der Waals surface area (Å²) < 4.78 is 5.08. The minimum Gasteiger partial charge on any atom is -0.495 e. The Labute approximate surface area is 110 Å². The van der Waals surface area contributed by atoms with Crippen LogP contribution in [0.15, 0.2) is 29.1 Å². The zero-order valence-electron chi connectivity index (χ0n) is 10.2. The number of aryl methyl sites for hydroxylation is 1. The van der Waals surface area contributed by atoms with Crippen molar-refractivity contribution >= 4 is 11.6 Å². The lowest BCUT2D eigenvalue weighted by Crippen LogP contribution is -2.11. The quantitative estimate of drug-likeness (QED) is 0.926. The lowest BCUT2D eigenvalue weighted by molar-refractivity contribution is 0.415. The van der Waals surface area contributed by atoms with Crippen LogP contribution >= 0.6 is 11.6 Å². The van der Waals surface area contributed by atoms with E-state index in [1.165, 1.54) is 6.07 Å².